The van der Waals surface area contributed by atoms with E-state index in [1.54, 1.807) is 6.07 Å². The highest BCUT2D eigenvalue weighted by Gasteiger charge is 2.43. The molecule has 7 heteroatoms. The van der Waals surface area contributed by atoms with Crippen molar-refractivity contribution in [2.45, 2.75) is 24.5 Å². The Morgan fingerprint density at radius 3 is 3.00 bits per heavy atom. The van der Waals surface area contributed by atoms with Crippen LogP contribution in [0.1, 0.15) is 12.8 Å². The molecule has 1 N–H and O–H groups in total. The van der Waals surface area contributed by atoms with Crippen molar-refractivity contribution in [3.8, 4) is 5.88 Å². The van der Waals surface area contributed by atoms with Crippen molar-refractivity contribution in [1.29, 1.82) is 0 Å². The molecule has 2 fully saturated rings. The lowest BCUT2D eigenvalue weighted by Crippen LogP contribution is -2.31. The van der Waals surface area contributed by atoms with Crippen LogP contribution < -0.4 is 10.1 Å². The van der Waals surface area contributed by atoms with Gasteiger partial charge in [0.25, 0.3) is 5.88 Å². The van der Waals surface area contributed by atoms with Crippen LogP contribution in [0, 0.1) is 5.82 Å². The molecule has 4 nitrogen and oxygen atoms in total. The minimum atomic E-state index is -0.419. The molecule has 0 amide bonds. The fourth-order valence-corrected chi connectivity index (χ4v) is 2.51. The molecule has 0 aliphatic carbocycles. The Balaban J connectivity index is 0.000000902. The van der Waals surface area contributed by atoms with Crippen molar-refractivity contribution in [3.05, 3.63) is 24.1 Å². The van der Waals surface area contributed by atoms with Gasteiger partial charge in [-0.05, 0) is 25.1 Å². The number of hydrogen-bond donors (Lipinski definition) is 1. The second kappa shape index (κ2) is 6.70. The van der Waals surface area contributed by atoms with Crippen LogP contribution in [0.15, 0.2) is 18.3 Å². The van der Waals surface area contributed by atoms with E-state index in [-0.39, 0.29) is 42.4 Å². The first-order valence-electron chi connectivity index (χ1n) is 5.89. The topological polar surface area (TPSA) is 43.4 Å². The summed E-state index contributed by atoms with van der Waals surface area (Å²) < 4.78 is 24.7. The third-order valence-corrected chi connectivity index (χ3v) is 3.38. The maximum Gasteiger partial charge on any atom is 0.250 e. The summed E-state index contributed by atoms with van der Waals surface area (Å²) in [6.45, 7) is 2.35. The average Bonchev–Trinajstić information content (AvgIpc) is 2.94. The molecule has 1 spiro atoms. The van der Waals surface area contributed by atoms with E-state index in [4.69, 9.17) is 9.47 Å². The maximum atomic E-state index is 13.4. The lowest BCUT2D eigenvalue weighted by atomic mass is 9.98. The second-order valence-electron chi connectivity index (χ2n) is 4.66. The molecule has 0 saturated carbocycles. The molecule has 0 bridgehead atoms. The highest BCUT2D eigenvalue weighted by atomic mass is 35.5. The zero-order valence-corrected chi connectivity index (χ0v) is 11.9. The Morgan fingerprint density at radius 1 is 1.47 bits per heavy atom. The minimum absolute atomic E-state index is 0. The summed E-state index contributed by atoms with van der Waals surface area (Å²) in [5, 5.41) is 3.28. The number of pyridine rings is 1. The van der Waals surface area contributed by atoms with E-state index in [9.17, 15) is 4.39 Å². The third kappa shape index (κ3) is 3.48. The van der Waals surface area contributed by atoms with Crippen LogP contribution >= 0.6 is 24.8 Å². The minimum Gasteiger partial charge on any atom is -0.470 e. The Hall–Kier alpha value is -0.620. The molecule has 2 atom stereocenters. The fourth-order valence-electron chi connectivity index (χ4n) is 2.51. The van der Waals surface area contributed by atoms with Gasteiger partial charge in [0.15, 0.2) is 5.82 Å². The summed E-state index contributed by atoms with van der Waals surface area (Å²) >= 11 is 0. The van der Waals surface area contributed by atoms with Crippen molar-refractivity contribution in [3.63, 3.8) is 0 Å². The number of rotatable bonds is 2. The highest BCUT2D eigenvalue weighted by molar-refractivity contribution is 5.85. The van der Waals surface area contributed by atoms with E-state index in [1.807, 2.05) is 0 Å². The van der Waals surface area contributed by atoms with E-state index in [0.717, 1.165) is 25.9 Å². The average molecular weight is 311 g/mol. The molecule has 2 saturated heterocycles. The van der Waals surface area contributed by atoms with Gasteiger partial charge in [0.1, 0.15) is 6.10 Å². The van der Waals surface area contributed by atoms with Gasteiger partial charge >= 0.3 is 0 Å². The van der Waals surface area contributed by atoms with Crippen molar-refractivity contribution in [2.75, 3.05) is 19.7 Å². The Kier molecular flexibility index (Phi) is 5.80. The summed E-state index contributed by atoms with van der Waals surface area (Å²) in [5.41, 5.74) is -0.101. The monoisotopic (exact) mass is 310 g/mol. The molecule has 108 valence electrons. The number of ether oxygens (including phenoxy) is 2. The fraction of sp³-hybridized carbons (Fsp3) is 0.583. The Bertz CT molecular complexity index is 416. The van der Waals surface area contributed by atoms with Crippen LogP contribution in [0.2, 0.25) is 0 Å². The molecule has 3 rings (SSSR count). The second-order valence-corrected chi connectivity index (χ2v) is 4.66. The van der Waals surface area contributed by atoms with E-state index in [0.29, 0.717) is 6.61 Å². The standard InChI is InChI=1S/C12H15FN2O2.2ClH/c13-10-2-1-4-15-11(10)17-9-6-12(16-7-9)3-5-14-8-12;;/h1-2,4,9,14H,3,5-8H2;2*1H/t9-,12-;;/m0../s1. The van der Waals surface area contributed by atoms with Gasteiger partial charge in [-0.15, -0.1) is 24.8 Å². The molecule has 0 radical (unpaired) electrons. The molecule has 2 aliphatic rings. The molecule has 1 aromatic rings. The molecular weight excluding hydrogens is 294 g/mol. The van der Waals surface area contributed by atoms with Crippen LogP contribution in [0.25, 0.3) is 0 Å². The number of nitrogens with one attached hydrogen (secondary N) is 1. The van der Waals surface area contributed by atoms with Gasteiger partial charge in [0.05, 0.1) is 12.2 Å². The van der Waals surface area contributed by atoms with Crippen molar-refractivity contribution >= 4 is 24.8 Å². The maximum absolute atomic E-state index is 13.4. The van der Waals surface area contributed by atoms with E-state index < -0.39 is 5.82 Å². The predicted octanol–water partition coefficient (Wildman–Crippen LogP) is 1.96. The van der Waals surface area contributed by atoms with Crippen LogP contribution in [0.4, 0.5) is 4.39 Å². The molecule has 2 aliphatic heterocycles. The Morgan fingerprint density at radius 2 is 2.32 bits per heavy atom. The third-order valence-electron chi connectivity index (χ3n) is 3.38. The summed E-state index contributed by atoms with van der Waals surface area (Å²) in [7, 11) is 0. The van der Waals surface area contributed by atoms with Crippen molar-refractivity contribution < 1.29 is 13.9 Å². The van der Waals surface area contributed by atoms with Crippen molar-refractivity contribution in [1.82, 2.24) is 10.3 Å². The lowest BCUT2D eigenvalue weighted by Gasteiger charge is -2.20. The highest BCUT2D eigenvalue weighted by Crippen LogP contribution is 2.33. The SMILES string of the molecule is Cl.Cl.Fc1cccnc1O[C@@H]1CO[C@@]2(CCNC2)C1. The van der Waals surface area contributed by atoms with Gasteiger partial charge in [0.2, 0.25) is 0 Å². The number of nitrogens with zero attached hydrogens (tertiary/aromatic N) is 1. The largest absolute Gasteiger partial charge is 0.470 e. The summed E-state index contributed by atoms with van der Waals surface area (Å²) in [4.78, 5) is 3.89. The Labute approximate surface area is 123 Å². The molecule has 3 heterocycles. The van der Waals surface area contributed by atoms with Gasteiger partial charge in [0, 0.05) is 19.2 Å². The molecule has 1 aromatic heterocycles. The number of aromatic nitrogens is 1. The van der Waals surface area contributed by atoms with Crippen LogP contribution in [-0.2, 0) is 4.74 Å². The summed E-state index contributed by atoms with van der Waals surface area (Å²) in [5.74, 6) is -0.345. The van der Waals surface area contributed by atoms with Gasteiger partial charge in [-0.25, -0.2) is 9.37 Å². The van der Waals surface area contributed by atoms with Gasteiger partial charge in [-0.2, -0.15) is 0 Å². The number of halogens is 3. The van der Waals surface area contributed by atoms with Gasteiger partial charge in [-0.3, -0.25) is 0 Å². The normalized spacial score (nSPS) is 28.8. The van der Waals surface area contributed by atoms with Crippen LogP contribution in [-0.4, -0.2) is 36.4 Å². The predicted molar refractivity (Wildman–Crippen MR) is 73.9 cm³/mol. The lowest BCUT2D eigenvalue weighted by molar-refractivity contribution is 0.0179. The smallest absolute Gasteiger partial charge is 0.250 e. The van der Waals surface area contributed by atoms with Crippen molar-refractivity contribution in [2.24, 2.45) is 0 Å². The first-order chi connectivity index (χ1) is 8.27. The molecule has 0 unspecified atom stereocenters. The first-order valence-corrected chi connectivity index (χ1v) is 5.89. The summed E-state index contributed by atoms with van der Waals surface area (Å²) in [6, 6.07) is 2.90. The van der Waals surface area contributed by atoms with E-state index in [2.05, 4.69) is 10.3 Å². The van der Waals surface area contributed by atoms with Crippen LogP contribution in [0.5, 0.6) is 5.88 Å². The zero-order chi connectivity index (χ0) is 11.7. The van der Waals surface area contributed by atoms with Crippen LogP contribution in [0.3, 0.4) is 0 Å². The molecule has 0 aromatic carbocycles. The zero-order valence-electron chi connectivity index (χ0n) is 10.3. The quantitative estimate of drug-likeness (QED) is 0.907. The molecular formula is C12H17Cl2FN2O2. The van der Waals surface area contributed by atoms with Gasteiger partial charge in [-0.1, -0.05) is 0 Å². The van der Waals surface area contributed by atoms with E-state index in [1.165, 1.54) is 12.3 Å². The summed E-state index contributed by atoms with van der Waals surface area (Å²) in [6.07, 6.45) is 3.23. The number of hydrogen-bond acceptors (Lipinski definition) is 4. The first kappa shape index (κ1) is 16.4. The molecule has 19 heavy (non-hydrogen) atoms. The van der Waals surface area contributed by atoms with Gasteiger partial charge < -0.3 is 14.8 Å². The van der Waals surface area contributed by atoms with E-state index >= 15 is 0 Å².